The fraction of sp³-hybridized carbons (Fsp3) is 0.458. The van der Waals surface area contributed by atoms with Gasteiger partial charge in [-0.1, -0.05) is 6.07 Å². The van der Waals surface area contributed by atoms with Gasteiger partial charge < -0.3 is 25.4 Å². The minimum Gasteiger partial charge on any atom is -0.478 e. The summed E-state index contributed by atoms with van der Waals surface area (Å²) >= 11 is 0. The molecule has 33 heavy (non-hydrogen) atoms. The average Bonchev–Trinajstić information content (AvgIpc) is 3.63. The standard InChI is InChI=1S/C24H31N5O4/c1-15-14-28(24(31)33-22-5-4-10-26-23(22)32-3)21-11-17(6-9-20(21)29(15)16(2)30)18(12-25)13-27-19-7-8-19/h4-6,9-11,15,18-19,27H,7-8,12-14,25H2,1-3H3/t15-,18?/m0/s1. The summed E-state index contributed by atoms with van der Waals surface area (Å²) in [7, 11) is 1.47. The van der Waals surface area contributed by atoms with E-state index in [1.807, 2.05) is 25.1 Å². The van der Waals surface area contributed by atoms with Crippen LogP contribution in [0.1, 0.15) is 38.2 Å². The van der Waals surface area contributed by atoms with Gasteiger partial charge in [-0.05, 0) is 49.6 Å². The van der Waals surface area contributed by atoms with Crippen molar-refractivity contribution in [3.05, 3.63) is 42.1 Å². The minimum absolute atomic E-state index is 0.0794. The van der Waals surface area contributed by atoms with Gasteiger partial charge in [0.15, 0.2) is 5.75 Å². The molecule has 1 unspecified atom stereocenters. The number of nitrogens with zero attached hydrogens (tertiary/aromatic N) is 3. The Hall–Kier alpha value is -3.17. The van der Waals surface area contributed by atoms with E-state index in [1.54, 1.807) is 28.1 Å². The number of fused-ring (bicyclic) bond motifs is 1. The molecule has 2 atom stereocenters. The SMILES string of the molecule is COc1ncccc1OC(=O)N1C[C@H](C)N(C(C)=O)c2ccc(C(CN)CNC3CC3)cc21. The van der Waals surface area contributed by atoms with Gasteiger partial charge in [0.25, 0.3) is 5.88 Å². The quantitative estimate of drug-likeness (QED) is 0.663. The molecule has 0 radical (unpaired) electrons. The first kappa shape index (κ1) is 23.0. The number of anilines is 2. The normalized spacial score (nSPS) is 18.5. The van der Waals surface area contributed by atoms with Gasteiger partial charge in [-0.3, -0.25) is 9.69 Å². The fourth-order valence-electron chi connectivity index (χ4n) is 4.24. The smallest absolute Gasteiger partial charge is 0.420 e. The third kappa shape index (κ3) is 4.94. The lowest BCUT2D eigenvalue weighted by molar-refractivity contribution is -0.117. The molecule has 176 valence electrons. The summed E-state index contributed by atoms with van der Waals surface area (Å²) in [6, 6.07) is 9.50. The second kappa shape index (κ2) is 9.76. The van der Waals surface area contributed by atoms with E-state index < -0.39 is 6.09 Å². The molecule has 0 spiro atoms. The number of pyridine rings is 1. The highest BCUT2D eigenvalue weighted by molar-refractivity contribution is 6.02. The monoisotopic (exact) mass is 453 g/mol. The Morgan fingerprint density at radius 2 is 2.06 bits per heavy atom. The van der Waals surface area contributed by atoms with Gasteiger partial charge in [-0.2, -0.15) is 0 Å². The first-order valence-corrected chi connectivity index (χ1v) is 11.3. The number of methoxy groups -OCH3 is 1. The van der Waals surface area contributed by atoms with Crippen LogP contribution in [0.4, 0.5) is 16.2 Å². The zero-order chi connectivity index (χ0) is 23.5. The predicted octanol–water partition coefficient (Wildman–Crippen LogP) is 2.64. The van der Waals surface area contributed by atoms with E-state index in [4.69, 9.17) is 15.2 Å². The molecule has 1 aliphatic heterocycles. The molecular formula is C24H31N5O4. The Kier molecular flexibility index (Phi) is 6.80. The molecule has 2 aromatic rings. The molecule has 1 fully saturated rings. The number of benzene rings is 1. The molecule has 2 heterocycles. The number of ether oxygens (including phenoxy) is 2. The maximum Gasteiger partial charge on any atom is 0.420 e. The third-order valence-corrected chi connectivity index (χ3v) is 6.11. The Bertz CT molecular complexity index is 1030. The minimum atomic E-state index is -0.560. The van der Waals surface area contributed by atoms with Crippen molar-refractivity contribution in [2.24, 2.45) is 5.73 Å². The Morgan fingerprint density at radius 3 is 2.73 bits per heavy atom. The first-order valence-electron chi connectivity index (χ1n) is 11.3. The van der Waals surface area contributed by atoms with Gasteiger partial charge in [0.2, 0.25) is 5.91 Å². The van der Waals surface area contributed by atoms with Crippen LogP contribution < -0.4 is 30.3 Å². The Labute approximate surface area is 193 Å². The molecule has 9 heteroatoms. The molecule has 1 aliphatic carbocycles. The summed E-state index contributed by atoms with van der Waals surface area (Å²) in [5.74, 6) is 0.476. The van der Waals surface area contributed by atoms with Crippen molar-refractivity contribution >= 4 is 23.4 Å². The molecule has 2 aliphatic rings. The van der Waals surface area contributed by atoms with Crippen molar-refractivity contribution in [2.75, 3.05) is 36.5 Å². The van der Waals surface area contributed by atoms with E-state index in [0.717, 1.165) is 12.1 Å². The van der Waals surface area contributed by atoms with Crippen LogP contribution >= 0.6 is 0 Å². The summed E-state index contributed by atoms with van der Waals surface area (Å²) in [4.78, 5) is 33.1. The second-order valence-corrected chi connectivity index (χ2v) is 8.59. The van der Waals surface area contributed by atoms with Crippen molar-refractivity contribution < 1.29 is 19.1 Å². The number of carbonyl (C=O) groups is 2. The number of hydrogen-bond acceptors (Lipinski definition) is 7. The lowest BCUT2D eigenvalue weighted by atomic mass is 9.96. The summed E-state index contributed by atoms with van der Waals surface area (Å²) in [6.45, 7) is 4.98. The Balaban J connectivity index is 1.67. The van der Waals surface area contributed by atoms with Crippen LogP contribution in [-0.4, -0.2) is 55.8 Å². The van der Waals surface area contributed by atoms with Crippen LogP contribution in [0.25, 0.3) is 0 Å². The van der Waals surface area contributed by atoms with Crippen LogP contribution in [0.5, 0.6) is 11.6 Å². The molecule has 9 nitrogen and oxygen atoms in total. The van der Waals surface area contributed by atoms with E-state index in [9.17, 15) is 9.59 Å². The van der Waals surface area contributed by atoms with E-state index in [-0.39, 0.29) is 29.5 Å². The first-order chi connectivity index (χ1) is 15.9. The summed E-state index contributed by atoms with van der Waals surface area (Å²) in [5.41, 5.74) is 8.39. The molecule has 2 amide bonds. The number of nitrogens with one attached hydrogen (secondary N) is 1. The van der Waals surface area contributed by atoms with Crippen LogP contribution in [0.3, 0.4) is 0 Å². The van der Waals surface area contributed by atoms with Crippen LogP contribution in [0, 0.1) is 0 Å². The average molecular weight is 454 g/mol. The van der Waals surface area contributed by atoms with Crippen LogP contribution in [0.2, 0.25) is 0 Å². The summed E-state index contributed by atoms with van der Waals surface area (Å²) in [6.07, 6.45) is 3.40. The third-order valence-electron chi connectivity index (χ3n) is 6.11. The molecule has 1 saturated carbocycles. The molecule has 3 N–H and O–H groups in total. The lowest BCUT2D eigenvalue weighted by Crippen LogP contribution is -2.52. The van der Waals surface area contributed by atoms with Gasteiger partial charge in [0.1, 0.15) is 0 Å². The van der Waals surface area contributed by atoms with E-state index in [0.29, 0.717) is 30.5 Å². The molecule has 1 aromatic heterocycles. The predicted molar refractivity (Wildman–Crippen MR) is 126 cm³/mol. The van der Waals surface area contributed by atoms with Gasteiger partial charge >= 0.3 is 6.09 Å². The highest BCUT2D eigenvalue weighted by Gasteiger charge is 2.35. The van der Waals surface area contributed by atoms with Crippen molar-refractivity contribution in [3.8, 4) is 11.6 Å². The van der Waals surface area contributed by atoms with Gasteiger partial charge in [-0.25, -0.2) is 9.78 Å². The summed E-state index contributed by atoms with van der Waals surface area (Å²) in [5, 5.41) is 3.53. The van der Waals surface area contributed by atoms with Crippen molar-refractivity contribution in [1.29, 1.82) is 0 Å². The molecule has 1 aromatic carbocycles. The molecule has 0 saturated heterocycles. The largest absolute Gasteiger partial charge is 0.478 e. The Morgan fingerprint density at radius 1 is 1.27 bits per heavy atom. The van der Waals surface area contributed by atoms with Gasteiger partial charge in [0.05, 0.1) is 24.5 Å². The van der Waals surface area contributed by atoms with E-state index in [1.165, 1.54) is 26.9 Å². The van der Waals surface area contributed by atoms with Crippen LogP contribution in [0.15, 0.2) is 36.5 Å². The van der Waals surface area contributed by atoms with E-state index >= 15 is 0 Å². The topological polar surface area (TPSA) is 110 Å². The molecule has 4 rings (SSSR count). The van der Waals surface area contributed by atoms with Gasteiger partial charge in [-0.15, -0.1) is 0 Å². The number of nitrogens with two attached hydrogens (primary N) is 1. The van der Waals surface area contributed by atoms with Crippen LogP contribution in [-0.2, 0) is 4.79 Å². The maximum absolute atomic E-state index is 13.3. The highest BCUT2D eigenvalue weighted by atomic mass is 16.6. The van der Waals surface area contributed by atoms with Gasteiger partial charge in [0, 0.05) is 44.7 Å². The second-order valence-electron chi connectivity index (χ2n) is 8.59. The molecular weight excluding hydrogens is 422 g/mol. The highest BCUT2D eigenvalue weighted by Crippen LogP contribution is 2.39. The number of aromatic nitrogens is 1. The zero-order valence-corrected chi connectivity index (χ0v) is 19.3. The number of amides is 2. The van der Waals surface area contributed by atoms with Crippen molar-refractivity contribution in [1.82, 2.24) is 10.3 Å². The van der Waals surface area contributed by atoms with Crippen molar-refractivity contribution in [3.63, 3.8) is 0 Å². The molecule has 0 bridgehead atoms. The van der Waals surface area contributed by atoms with E-state index in [2.05, 4.69) is 10.3 Å². The fourth-order valence-corrected chi connectivity index (χ4v) is 4.24. The number of hydrogen-bond donors (Lipinski definition) is 2. The van der Waals surface area contributed by atoms with Crippen molar-refractivity contribution in [2.45, 2.75) is 44.7 Å². The lowest BCUT2D eigenvalue weighted by Gasteiger charge is -2.40. The zero-order valence-electron chi connectivity index (χ0n) is 19.3. The number of carbonyl (C=O) groups excluding carboxylic acids is 2. The maximum atomic E-state index is 13.3. The number of rotatable bonds is 7. The summed E-state index contributed by atoms with van der Waals surface area (Å²) < 4.78 is 10.9.